The maximum Gasteiger partial charge on any atom is 0.317 e. The fourth-order valence-corrected chi connectivity index (χ4v) is 3.23. The largest absolute Gasteiger partial charge is 0.511 e. The van der Waals surface area contributed by atoms with Crippen molar-refractivity contribution in [1.29, 1.82) is 0 Å². The smallest absolute Gasteiger partial charge is 0.317 e. The quantitative estimate of drug-likeness (QED) is 0.426. The average molecular weight is 374 g/mol. The summed E-state index contributed by atoms with van der Waals surface area (Å²) in [6.45, 7) is 5.94. The first-order valence-electron chi connectivity index (χ1n) is 9.27. The average Bonchev–Trinajstić information content (AvgIpc) is 2.66. The lowest BCUT2D eigenvalue weighted by Gasteiger charge is -2.30. The summed E-state index contributed by atoms with van der Waals surface area (Å²) in [6.07, 6.45) is 4.44. The van der Waals surface area contributed by atoms with Gasteiger partial charge in [0.2, 0.25) is 0 Å². The van der Waals surface area contributed by atoms with Gasteiger partial charge in [-0.15, -0.1) is 0 Å². The van der Waals surface area contributed by atoms with Crippen LogP contribution in [0, 0.1) is 5.92 Å². The Hall–Kier alpha value is -2.70. The second-order valence-electron chi connectivity index (χ2n) is 6.22. The van der Waals surface area contributed by atoms with Crippen LogP contribution in [0.15, 0.2) is 41.0 Å². The number of carbonyl (C=O) groups excluding carboxylic acids is 2. The maximum absolute atomic E-state index is 12.9. The van der Waals surface area contributed by atoms with Gasteiger partial charge in [-0.1, -0.05) is 24.6 Å². The Bertz CT molecular complexity index is 727. The van der Waals surface area contributed by atoms with Crippen LogP contribution in [0.1, 0.15) is 51.5 Å². The summed E-state index contributed by atoms with van der Waals surface area (Å²) in [6, 6.07) is 3.52. The highest BCUT2D eigenvalue weighted by Crippen LogP contribution is 2.40. The van der Waals surface area contributed by atoms with Crippen molar-refractivity contribution in [3.63, 3.8) is 0 Å². The zero-order valence-corrected chi connectivity index (χ0v) is 16.0. The van der Waals surface area contributed by atoms with E-state index in [2.05, 4.69) is 10.1 Å². The number of aliphatic hydroxyl groups is 1. The number of nitrogens with zero attached hydrogens (tertiary/aromatic N) is 2. The van der Waals surface area contributed by atoms with Crippen LogP contribution in [0.2, 0.25) is 0 Å². The standard InChI is InChI=1S/C20H26N2O5/c1-4-8-15(22-27-6-3)18-16(23)11-14(13-9-7-10-21-12-13)17(19(18)24)20(25)26-5-2/h7,9-10,12,14,17,24H,4-6,8,11H2,1-3H3. The number of ether oxygens (including phenoxy) is 1. The number of allylic oxidation sites excluding steroid dienone is 1. The van der Waals surface area contributed by atoms with Crippen LogP contribution in [-0.4, -0.2) is 40.8 Å². The summed E-state index contributed by atoms with van der Waals surface area (Å²) < 4.78 is 5.17. The first-order chi connectivity index (χ1) is 13.0. The number of aliphatic hydroxyl groups excluding tert-OH is 1. The van der Waals surface area contributed by atoms with E-state index in [9.17, 15) is 14.7 Å². The zero-order chi connectivity index (χ0) is 19.8. The van der Waals surface area contributed by atoms with Crippen LogP contribution < -0.4 is 0 Å². The second kappa shape index (κ2) is 9.85. The molecule has 2 rings (SSSR count). The molecule has 0 amide bonds. The molecule has 0 aliphatic heterocycles. The second-order valence-corrected chi connectivity index (χ2v) is 6.22. The Balaban J connectivity index is 2.55. The van der Waals surface area contributed by atoms with Crippen molar-refractivity contribution in [1.82, 2.24) is 4.98 Å². The van der Waals surface area contributed by atoms with E-state index in [1.807, 2.05) is 6.92 Å². The van der Waals surface area contributed by atoms with E-state index in [1.165, 1.54) is 0 Å². The van der Waals surface area contributed by atoms with Crippen molar-refractivity contribution in [2.45, 2.75) is 46.0 Å². The Morgan fingerprint density at radius 2 is 2.11 bits per heavy atom. The van der Waals surface area contributed by atoms with Crippen molar-refractivity contribution in [2.75, 3.05) is 13.2 Å². The van der Waals surface area contributed by atoms with Crippen molar-refractivity contribution >= 4 is 17.5 Å². The molecule has 1 aromatic rings. The van der Waals surface area contributed by atoms with E-state index >= 15 is 0 Å². The minimum absolute atomic E-state index is 0.0590. The minimum atomic E-state index is -0.981. The molecule has 1 N–H and O–H groups in total. The first-order valence-corrected chi connectivity index (χ1v) is 9.27. The Labute approximate surface area is 159 Å². The van der Waals surface area contributed by atoms with Crippen LogP contribution >= 0.6 is 0 Å². The van der Waals surface area contributed by atoms with Crippen molar-refractivity contribution in [3.05, 3.63) is 41.4 Å². The molecule has 0 saturated heterocycles. The monoisotopic (exact) mass is 374 g/mol. The van der Waals surface area contributed by atoms with Crippen LogP contribution in [0.4, 0.5) is 0 Å². The predicted octanol–water partition coefficient (Wildman–Crippen LogP) is 3.32. The maximum atomic E-state index is 12.9. The third kappa shape index (κ3) is 4.72. The van der Waals surface area contributed by atoms with Gasteiger partial charge in [0.1, 0.15) is 18.3 Å². The summed E-state index contributed by atoms with van der Waals surface area (Å²) in [5.41, 5.74) is 1.14. The molecule has 1 aromatic heterocycles. The van der Waals surface area contributed by atoms with Gasteiger partial charge in [0.25, 0.3) is 0 Å². The molecule has 0 fully saturated rings. The summed E-state index contributed by atoms with van der Waals surface area (Å²) in [7, 11) is 0. The highest BCUT2D eigenvalue weighted by atomic mass is 16.6. The third-order valence-corrected chi connectivity index (χ3v) is 4.37. The lowest BCUT2D eigenvalue weighted by Crippen LogP contribution is -2.36. The van der Waals surface area contributed by atoms with E-state index in [0.29, 0.717) is 30.7 Å². The number of Topliss-reactive ketones (excluding diaryl/α,β-unsaturated/α-hetero) is 1. The van der Waals surface area contributed by atoms with Crippen LogP contribution in [0.3, 0.4) is 0 Å². The lowest BCUT2D eigenvalue weighted by molar-refractivity contribution is -0.148. The highest BCUT2D eigenvalue weighted by Gasteiger charge is 2.43. The Morgan fingerprint density at radius 1 is 1.33 bits per heavy atom. The third-order valence-electron chi connectivity index (χ3n) is 4.37. The van der Waals surface area contributed by atoms with E-state index in [1.54, 1.807) is 38.4 Å². The molecule has 7 nitrogen and oxygen atoms in total. The number of esters is 1. The van der Waals surface area contributed by atoms with Crippen molar-refractivity contribution < 1.29 is 24.3 Å². The molecule has 0 saturated carbocycles. The van der Waals surface area contributed by atoms with E-state index < -0.39 is 17.8 Å². The van der Waals surface area contributed by atoms with Gasteiger partial charge in [0.05, 0.1) is 17.9 Å². The zero-order valence-electron chi connectivity index (χ0n) is 16.0. The van der Waals surface area contributed by atoms with Gasteiger partial charge in [-0.2, -0.15) is 0 Å². The van der Waals surface area contributed by atoms with Gasteiger partial charge in [-0.05, 0) is 31.9 Å². The van der Waals surface area contributed by atoms with Crippen LogP contribution in [-0.2, 0) is 19.2 Å². The SMILES string of the molecule is CCCC(=NOCC)C1=C(O)C(C(=O)OCC)C(c2cccnc2)CC1=O. The van der Waals surface area contributed by atoms with Crippen molar-refractivity contribution in [3.8, 4) is 0 Å². The van der Waals surface area contributed by atoms with Gasteiger partial charge in [0.15, 0.2) is 5.78 Å². The molecular weight excluding hydrogens is 348 g/mol. The van der Waals surface area contributed by atoms with Gasteiger partial charge in [0, 0.05) is 24.7 Å². The molecule has 2 atom stereocenters. The molecule has 0 spiro atoms. The molecule has 2 unspecified atom stereocenters. The molecule has 0 radical (unpaired) electrons. The van der Waals surface area contributed by atoms with Gasteiger partial charge in [-0.3, -0.25) is 14.6 Å². The first kappa shape index (κ1) is 20.6. The topological polar surface area (TPSA) is 98.1 Å². The molecule has 1 aliphatic carbocycles. The van der Waals surface area contributed by atoms with Gasteiger partial charge in [-0.25, -0.2) is 0 Å². The number of rotatable bonds is 8. The number of ketones is 1. The normalized spacial score (nSPS) is 20.6. The molecule has 0 aromatic carbocycles. The fourth-order valence-electron chi connectivity index (χ4n) is 3.23. The van der Waals surface area contributed by atoms with Crippen molar-refractivity contribution in [2.24, 2.45) is 11.1 Å². The molecule has 0 bridgehead atoms. The van der Waals surface area contributed by atoms with Crippen LogP contribution in [0.5, 0.6) is 0 Å². The molecule has 146 valence electrons. The van der Waals surface area contributed by atoms with Gasteiger partial charge >= 0.3 is 5.97 Å². The molecule has 27 heavy (non-hydrogen) atoms. The molecular formula is C20H26N2O5. The summed E-state index contributed by atoms with van der Waals surface area (Å²) in [5.74, 6) is -2.66. The van der Waals surface area contributed by atoms with E-state index in [0.717, 1.165) is 0 Å². The van der Waals surface area contributed by atoms with Crippen LogP contribution in [0.25, 0.3) is 0 Å². The fraction of sp³-hybridized carbons (Fsp3) is 0.500. The Morgan fingerprint density at radius 3 is 2.70 bits per heavy atom. The summed E-state index contributed by atoms with van der Waals surface area (Å²) in [4.78, 5) is 34.7. The Kier molecular flexibility index (Phi) is 7.52. The van der Waals surface area contributed by atoms with E-state index in [4.69, 9.17) is 9.57 Å². The number of aromatic nitrogens is 1. The number of hydrogen-bond donors (Lipinski definition) is 1. The molecule has 7 heteroatoms. The highest BCUT2D eigenvalue weighted by molar-refractivity contribution is 6.23. The predicted molar refractivity (Wildman–Crippen MR) is 100 cm³/mol. The number of pyridine rings is 1. The van der Waals surface area contributed by atoms with Gasteiger partial charge < -0.3 is 14.7 Å². The minimum Gasteiger partial charge on any atom is -0.511 e. The van der Waals surface area contributed by atoms with E-state index in [-0.39, 0.29) is 30.1 Å². The summed E-state index contributed by atoms with van der Waals surface area (Å²) in [5, 5.41) is 14.9. The number of oxime groups is 1. The number of hydrogen-bond acceptors (Lipinski definition) is 7. The molecule has 1 heterocycles. The lowest BCUT2D eigenvalue weighted by atomic mass is 9.74. The summed E-state index contributed by atoms with van der Waals surface area (Å²) >= 11 is 0. The molecule has 1 aliphatic rings. The number of carbonyl (C=O) groups is 2.